The van der Waals surface area contributed by atoms with E-state index in [1.807, 2.05) is 6.92 Å². The predicted molar refractivity (Wildman–Crippen MR) is 133 cm³/mol. The molecule has 0 aliphatic heterocycles. The molecule has 1 atom stereocenters. The molecule has 3 aromatic rings. The van der Waals surface area contributed by atoms with Gasteiger partial charge in [0.25, 0.3) is 17.2 Å². The largest absolute Gasteiger partial charge is 0.481 e. The van der Waals surface area contributed by atoms with Crippen LogP contribution in [-0.4, -0.2) is 55.5 Å². The van der Waals surface area contributed by atoms with E-state index >= 15 is 0 Å². The van der Waals surface area contributed by atoms with Gasteiger partial charge in [-0.3, -0.25) is 24.5 Å². The van der Waals surface area contributed by atoms with Crippen molar-refractivity contribution in [3.05, 3.63) is 73.8 Å². The van der Waals surface area contributed by atoms with Gasteiger partial charge in [0.15, 0.2) is 0 Å². The number of aliphatic carboxylic acids is 2. The minimum absolute atomic E-state index is 0.276. The highest BCUT2D eigenvalue weighted by Crippen LogP contribution is 2.27. The molecule has 1 aromatic heterocycles. The molecule has 37 heavy (non-hydrogen) atoms. The summed E-state index contributed by atoms with van der Waals surface area (Å²) in [6.45, 7) is 4.27. The molecule has 1 heterocycles. The fourth-order valence-electron chi connectivity index (χ4n) is 3.83. The Morgan fingerprint density at radius 2 is 1.92 bits per heavy atom. The molecule has 0 saturated heterocycles. The van der Waals surface area contributed by atoms with E-state index in [0.29, 0.717) is 35.5 Å². The van der Waals surface area contributed by atoms with Crippen LogP contribution < -0.4 is 15.8 Å². The zero-order valence-corrected chi connectivity index (χ0v) is 20.1. The molecule has 13 nitrogen and oxygen atoms in total. The Morgan fingerprint density at radius 3 is 2.54 bits per heavy atom. The van der Waals surface area contributed by atoms with Crippen LogP contribution in [0.4, 0.5) is 11.4 Å². The maximum Gasteiger partial charge on any atom is 0.326 e. The van der Waals surface area contributed by atoms with E-state index in [9.17, 15) is 34.4 Å². The van der Waals surface area contributed by atoms with Gasteiger partial charge in [-0.2, -0.15) is 0 Å². The van der Waals surface area contributed by atoms with Crippen LogP contribution in [0.25, 0.3) is 10.9 Å². The predicted octanol–water partition coefficient (Wildman–Crippen LogP) is 2.21. The number of carbonyl (C=O) groups is 3. The number of amides is 1. The van der Waals surface area contributed by atoms with Crippen LogP contribution in [0.15, 0.2) is 41.2 Å². The molecule has 2 aromatic carbocycles. The number of H-pyrrole nitrogens is 1. The summed E-state index contributed by atoms with van der Waals surface area (Å²) in [6.07, 6.45) is -0.879. The Hall–Kier alpha value is -4.81. The van der Waals surface area contributed by atoms with Crippen molar-refractivity contribution >= 4 is 40.1 Å². The summed E-state index contributed by atoms with van der Waals surface area (Å²) >= 11 is 0. The number of aromatic amines is 1. The van der Waals surface area contributed by atoms with Gasteiger partial charge in [0, 0.05) is 31.3 Å². The zero-order valence-electron chi connectivity index (χ0n) is 20.1. The van der Waals surface area contributed by atoms with Gasteiger partial charge in [0.2, 0.25) is 0 Å². The van der Waals surface area contributed by atoms with Gasteiger partial charge < -0.3 is 25.4 Å². The Labute approximate surface area is 209 Å². The lowest BCUT2D eigenvalue weighted by molar-refractivity contribution is -0.385. The summed E-state index contributed by atoms with van der Waals surface area (Å²) < 4.78 is 0. The monoisotopic (exact) mass is 511 g/mol. The van der Waals surface area contributed by atoms with E-state index in [1.165, 1.54) is 18.2 Å². The van der Waals surface area contributed by atoms with E-state index < -0.39 is 40.9 Å². The second kappa shape index (κ2) is 11.3. The molecule has 0 spiro atoms. The highest BCUT2D eigenvalue weighted by molar-refractivity contribution is 6.00. The van der Waals surface area contributed by atoms with Gasteiger partial charge in [0.1, 0.15) is 17.4 Å². The number of nitrogens with zero attached hydrogens (tertiary/aromatic N) is 3. The number of fused-ring (bicyclic) bond motifs is 1. The average Bonchev–Trinajstić information content (AvgIpc) is 2.84. The number of hydrogen-bond donors (Lipinski definition) is 4. The number of carboxylic acids is 2. The molecule has 0 aliphatic rings. The number of nitro groups is 1. The van der Waals surface area contributed by atoms with E-state index in [2.05, 4.69) is 15.3 Å². The molecule has 3 rings (SSSR count). The molecule has 0 aliphatic carbocycles. The van der Waals surface area contributed by atoms with Crippen molar-refractivity contribution < 1.29 is 29.5 Å². The second-order valence-electron chi connectivity index (χ2n) is 8.27. The van der Waals surface area contributed by atoms with Crippen LogP contribution in [0.1, 0.15) is 41.5 Å². The van der Waals surface area contributed by atoms with Crippen LogP contribution in [0.3, 0.4) is 0 Å². The Kier molecular flexibility index (Phi) is 8.17. The molecule has 0 radical (unpaired) electrons. The van der Waals surface area contributed by atoms with E-state index in [-0.39, 0.29) is 17.5 Å². The lowest BCUT2D eigenvalue weighted by Crippen LogP contribution is -2.41. The van der Waals surface area contributed by atoms with Gasteiger partial charge in [-0.1, -0.05) is 6.07 Å². The summed E-state index contributed by atoms with van der Waals surface area (Å²) in [4.78, 5) is 66.9. The fraction of sp³-hybridized carbons (Fsp3) is 0.292. The number of aryl methyl sites for hydroxylation is 1. The zero-order chi connectivity index (χ0) is 27.3. The molecule has 0 saturated carbocycles. The molecule has 13 heteroatoms. The Bertz CT molecular complexity index is 1430. The van der Waals surface area contributed by atoms with Crippen LogP contribution in [0.2, 0.25) is 0 Å². The minimum Gasteiger partial charge on any atom is -0.481 e. The number of aromatic nitrogens is 2. The van der Waals surface area contributed by atoms with Crippen LogP contribution in [0, 0.1) is 17.0 Å². The third-order valence-corrected chi connectivity index (χ3v) is 5.68. The lowest BCUT2D eigenvalue weighted by Gasteiger charge is -2.23. The number of carboxylic acid groups (broad SMARTS) is 2. The summed E-state index contributed by atoms with van der Waals surface area (Å²) in [5.74, 6) is -3.20. The standard InChI is InChI=1S/C24H25N5O8/c1-3-28(12-14-4-7-18-17(10-14)23(33)26-13(2)25-18)15-5-6-16(20(11-15)29(36)37)22(32)27-19(24(34)35)8-9-21(30)31/h4-7,10-11,19H,3,8-9,12H2,1-2H3,(H,27,32)(H,30,31)(H,34,35)(H,25,26,33)/t19-/m0/s1. The molecular weight excluding hydrogens is 486 g/mol. The maximum absolute atomic E-state index is 12.7. The number of nitrogens with one attached hydrogen (secondary N) is 2. The van der Waals surface area contributed by atoms with Crippen molar-refractivity contribution in [3.63, 3.8) is 0 Å². The normalized spacial score (nSPS) is 11.6. The number of carbonyl (C=O) groups excluding carboxylic acids is 1. The van der Waals surface area contributed by atoms with E-state index in [1.54, 1.807) is 30.0 Å². The molecule has 0 unspecified atom stereocenters. The summed E-state index contributed by atoms with van der Waals surface area (Å²) in [7, 11) is 0. The fourth-order valence-corrected chi connectivity index (χ4v) is 3.83. The topological polar surface area (TPSA) is 196 Å². The molecule has 1 amide bonds. The van der Waals surface area contributed by atoms with E-state index in [0.717, 1.165) is 5.56 Å². The highest BCUT2D eigenvalue weighted by atomic mass is 16.6. The second-order valence-corrected chi connectivity index (χ2v) is 8.27. The van der Waals surface area contributed by atoms with E-state index in [4.69, 9.17) is 5.11 Å². The molecular formula is C24H25N5O8. The first-order valence-corrected chi connectivity index (χ1v) is 11.3. The van der Waals surface area contributed by atoms with Gasteiger partial charge >= 0.3 is 11.9 Å². The average molecular weight is 511 g/mol. The number of hydrogen-bond acceptors (Lipinski definition) is 8. The SMILES string of the molecule is CCN(Cc1ccc2nc(C)[nH]c(=O)c2c1)c1ccc(C(=O)N[C@@H](CCC(=O)O)C(=O)O)c([N+](=O)[O-])c1. The van der Waals surface area contributed by atoms with Gasteiger partial charge in [-0.05, 0) is 50.1 Å². The Balaban J connectivity index is 1.88. The van der Waals surface area contributed by atoms with Crippen LogP contribution in [0.5, 0.6) is 0 Å². The number of anilines is 1. The molecule has 0 fully saturated rings. The number of nitro benzene ring substituents is 1. The van der Waals surface area contributed by atoms with Crippen molar-refractivity contribution in [2.75, 3.05) is 11.4 Å². The molecule has 4 N–H and O–H groups in total. The minimum atomic E-state index is -1.52. The smallest absolute Gasteiger partial charge is 0.326 e. The Morgan fingerprint density at radius 1 is 1.19 bits per heavy atom. The van der Waals surface area contributed by atoms with Gasteiger partial charge in [-0.15, -0.1) is 0 Å². The van der Waals surface area contributed by atoms with Gasteiger partial charge in [-0.25, -0.2) is 9.78 Å². The first-order valence-electron chi connectivity index (χ1n) is 11.3. The number of rotatable bonds is 11. The summed E-state index contributed by atoms with van der Waals surface area (Å²) in [5.41, 5.74) is 0.569. The molecule has 194 valence electrons. The quantitative estimate of drug-likeness (QED) is 0.219. The van der Waals surface area contributed by atoms with Crippen molar-refractivity contribution in [1.29, 1.82) is 0 Å². The van der Waals surface area contributed by atoms with Crippen molar-refractivity contribution in [3.8, 4) is 0 Å². The van der Waals surface area contributed by atoms with Gasteiger partial charge in [0.05, 0.1) is 15.8 Å². The first kappa shape index (κ1) is 26.8. The van der Waals surface area contributed by atoms with Crippen molar-refractivity contribution in [2.45, 2.75) is 39.3 Å². The van der Waals surface area contributed by atoms with Crippen LogP contribution in [-0.2, 0) is 16.1 Å². The third-order valence-electron chi connectivity index (χ3n) is 5.68. The number of benzene rings is 2. The maximum atomic E-state index is 12.7. The van der Waals surface area contributed by atoms with Crippen LogP contribution >= 0.6 is 0 Å². The summed E-state index contributed by atoms with van der Waals surface area (Å²) in [6, 6.07) is 7.63. The lowest BCUT2D eigenvalue weighted by atomic mass is 10.1. The van der Waals surface area contributed by atoms with Crippen molar-refractivity contribution in [1.82, 2.24) is 15.3 Å². The third kappa shape index (κ3) is 6.45. The highest BCUT2D eigenvalue weighted by Gasteiger charge is 2.27. The first-order chi connectivity index (χ1) is 17.5. The van der Waals surface area contributed by atoms with Crippen molar-refractivity contribution in [2.24, 2.45) is 0 Å². The summed E-state index contributed by atoms with van der Waals surface area (Å²) in [5, 5.41) is 32.4. The molecule has 0 bridgehead atoms.